The van der Waals surface area contributed by atoms with Gasteiger partial charge in [0.15, 0.2) is 17.7 Å². The first kappa shape index (κ1) is 17.6. The molecule has 1 heterocycles. The number of halogens is 1. The summed E-state index contributed by atoms with van der Waals surface area (Å²) in [6.07, 6.45) is -0.531. The minimum Gasteiger partial charge on any atom is -0.478 e. The van der Waals surface area contributed by atoms with Gasteiger partial charge >= 0.3 is 0 Å². The van der Waals surface area contributed by atoms with Crippen molar-refractivity contribution < 1.29 is 18.4 Å². The third-order valence-corrected chi connectivity index (χ3v) is 3.73. The van der Waals surface area contributed by atoms with Crippen molar-refractivity contribution >= 4 is 11.9 Å². The molecule has 0 aliphatic carbocycles. The van der Waals surface area contributed by atoms with Gasteiger partial charge in [-0.1, -0.05) is 36.8 Å². The van der Waals surface area contributed by atoms with Crippen LogP contribution in [0.15, 0.2) is 53.1 Å². The van der Waals surface area contributed by atoms with E-state index in [1.807, 2.05) is 31.2 Å². The number of ether oxygens (including phenoxy) is 1. The van der Waals surface area contributed by atoms with E-state index >= 15 is 0 Å². The van der Waals surface area contributed by atoms with Crippen molar-refractivity contribution in [3.63, 3.8) is 0 Å². The molecule has 0 aliphatic rings. The Morgan fingerprint density at radius 3 is 2.65 bits per heavy atom. The Morgan fingerprint density at radius 1 is 1.23 bits per heavy atom. The molecule has 26 heavy (non-hydrogen) atoms. The van der Waals surface area contributed by atoms with Crippen LogP contribution in [0.2, 0.25) is 0 Å². The Kier molecular flexibility index (Phi) is 5.26. The molecule has 7 heteroatoms. The second-order valence-corrected chi connectivity index (χ2v) is 5.72. The van der Waals surface area contributed by atoms with Gasteiger partial charge in [-0.2, -0.15) is 4.98 Å². The van der Waals surface area contributed by atoms with Gasteiger partial charge in [-0.05, 0) is 42.8 Å². The maximum atomic E-state index is 13.7. The van der Waals surface area contributed by atoms with Gasteiger partial charge in [-0.25, -0.2) is 4.39 Å². The monoisotopic (exact) mass is 355 g/mol. The summed E-state index contributed by atoms with van der Waals surface area (Å²) < 4.78 is 24.3. The van der Waals surface area contributed by atoms with Crippen molar-refractivity contribution in [2.24, 2.45) is 0 Å². The Hall–Kier alpha value is -3.22. The van der Waals surface area contributed by atoms with Gasteiger partial charge in [0.05, 0.1) is 0 Å². The summed E-state index contributed by atoms with van der Waals surface area (Å²) in [4.78, 5) is 16.5. The summed E-state index contributed by atoms with van der Waals surface area (Å²) in [6.45, 7) is 3.74. The summed E-state index contributed by atoms with van der Waals surface area (Å²) in [6, 6.07) is 13.5. The zero-order valence-electron chi connectivity index (χ0n) is 14.4. The molecule has 3 aromatic rings. The van der Waals surface area contributed by atoms with E-state index in [-0.39, 0.29) is 11.7 Å². The molecule has 0 radical (unpaired) electrons. The molecule has 0 aliphatic heterocycles. The van der Waals surface area contributed by atoms with E-state index in [1.165, 1.54) is 12.1 Å². The van der Waals surface area contributed by atoms with Crippen molar-refractivity contribution in [1.82, 2.24) is 10.1 Å². The Morgan fingerprint density at radius 2 is 1.96 bits per heavy atom. The van der Waals surface area contributed by atoms with Gasteiger partial charge in [0.1, 0.15) is 0 Å². The molecular weight excluding hydrogens is 337 g/mol. The first-order valence-corrected chi connectivity index (χ1v) is 8.19. The number of nitrogens with one attached hydrogen (secondary N) is 1. The zero-order chi connectivity index (χ0) is 18.5. The average Bonchev–Trinajstić information content (AvgIpc) is 3.10. The highest BCUT2D eigenvalue weighted by Gasteiger charge is 2.22. The van der Waals surface area contributed by atoms with Crippen LogP contribution in [0, 0.1) is 12.7 Å². The number of anilines is 1. The molecule has 1 N–H and O–H groups in total. The second-order valence-electron chi connectivity index (χ2n) is 5.72. The highest BCUT2D eigenvalue weighted by Crippen LogP contribution is 2.21. The fourth-order valence-corrected chi connectivity index (χ4v) is 2.29. The van der Waals surface area contributed by atoms with Crippen molar-refractivity contribution in [3.05, 3.63) is 59.9 Å². The first-order valence-electron chi connectivity index (χ1n) is 8.19. The molecule has 1 atom stereocenters. The third-order valence-electron chi connectivity index (χ3n) is 3.73. The zero-order valence-corrected chi connectivity index (χ0v) is 14.4. The number of hydrogen-bond acceptors (Lipinski definition) is 5. The van der Waals surface area contributed by atoms with Crippen LogP contribution >= 0.6 is 0 Å². The molecule has 1 unspecified atom stereocenters. The fourth-order valence-electron chi connectivity index (χ4n) is 2.29. The smallest absolute Gasteiger partial charge is 0.270 e. The molecule has 1 aromatic heterocycles. The molecule has 0 spiro atoms. The van der Waals surface area contributed by atoms with Crippen LogP contribution in [-0.4, -0.2) is 22.2 Å². The lowest BCUT2D eigenvalue weighted by molar-refractivity contribution is -0.123. The predicted octanol–water partition coefficient (Wildman–Crippen LogP) is 3.98. The minimum atomic E-state index is -0.881. The van der Waals surface area contributed by atoms with Crippen LogP contribution in [0.25, 0.3) is 11.5 Å². The molecule has 2 aromatic carbocycles. The summed E-state index contributed by atoms with van der Waals surface area (Å²) in [5.74, 6) is -0.667. The lowest BCUT2D eigenvalue weighted by Crippen LogP contribution is -2.33. The van der Waals surface area contributed by atoms with Crippen LogP contribution in [0.5, 0.6) is 5.75 Å². The molecule has 3 rings (SSSR count). The number of aryl methyl sites for hydroxylation is 1. The minimum absolute atomic E-state index is 0.0166. The maximum Gasteiger partial charge on any atom is 0.270 e. The van der Waals surface area contributed by atoms with E-state index in [0.717, 1.165) is 11.1 Å². The van der Waals surface area contributed by atoms with E-state index in [0.29, 0.717) is 12.3 Å². The van der Waals surface area contributed by atoms with Crippen molar-refractivity contribution in [1.29, 1.82) is 0 Å². The van der Waals surface area contributed by atoms with Crippen molar-refractivity contribution in [2.45, 2.75) is 26.4 Å². The van der Waals surface area contributed by atoms with E-state index in [1.54, 1.807) is 19.1 Å². The highest BCUT2D eigenvalue weighted by molar-refractivity contribution is 5.92. The van der Waals surface area contributed by atoms with Crippen LogP contribution < -0.4 is 10.1 Å². The average molecular weight is 355 g/mol. The SMILES string of the molecule is CCC(Oc1ccccc1F)C(=O)Nc1noc(-c2ccc(C)cc2)n1. The number of amides is 1. The fraction of sp³-hybridized carbons (Fsp3) is 0.211. The number of carbonyl (C=O) groups is 1. The van der Waals surface area contributed by atoms with Gasteiger partial charge < -0.3 is 9.26 Å². The largest absolute Gasteiger partial charge is 0.478 e. The Labute approximate surface area is 150 Å². The topological polar surface area (TPSA) is 77.2 Å². The molecule has 0 fully saturated rings. The van der Waals surface area contributed by atoms with E-state index in [4.69, 9.17) is 9.26 Å². The number of para-hydroxylation sites is 1. The molecule has 6 nitrogen and oxygen atoms in total. The van der Waals surface area contributed by atoms with Gasteiger partial charge in [0, 0.05) is 5.56 Å². The number of hydrogen-bond donors (Lipinski definition) is 1. The summed E-state index contributed by atoms with van der Waals surface area (Å²) in [5, 5.41) is 6.28. The van der Waals surface area contributed by atoms with E-state index < -0.39 is 17.8 Å². The number of benzene rings is 2. The van der Waals surface area contributed by atoms with Gasteiger partial charge in [-0.15, -0.1) is 0 Å². The van der Waals surface area contributed by atoms with Crippen molar-refractivity contribution in [2.75, 3.05) is 5.32 Å². The molecular formula is C19H18FN3O3. The summed E-state index contributed by atoms with van der Waals surface area (Å²) in [5.41, 5.74) is 1.86. The number of aromatic nitrogens is 2. The molecule has 0 bridgehead atoms. The normalized spacial score (nSPS) is 11.8. The van der Waals surface area contributed by atoms with Crippen molar-refractivity contribution in [3.8, 4) is 17.2 Å². The number of rotatable bonds is 6. The number of carbonyl (C=O) groups excluding carboxylic acids is 1. The molecule has 0 saturated heterocycles. The summed E-state index contributed by atoms with van der Waals surface area (Å²) in [7, 11) is 0. The highest BCUT2D eigenvalue weighted by atomic mass is 19.1. The lowest BCUT2D eigenvalue weighted by Gasteiger charge is -2.16. The predicted molar refractivity (Wildman–Crippen MR) is 94.2 cm³/mol. The summed E-state index contributed by atoms with van der Waals surface area (Å²) >= 11 is 0. The van der Waals surface area contributed by atoms with Gasteiger partial charge in [-0.3, -0.25) is 10.1 Å². The van der Waals surface area contributed by atoms with Gasteiger partial charge in [0.25, 0.3) is 17.7 Å². The van der Waals surface area contributed by atoms with Crippen LogP contribution in [0.1, 0.15) is 18.9 Å². The molecule has 134 valence electrons. The van der Waals surface area contributed by atoms with Crippen LogP contribution in [-0.2, 0) is 4.79 Å². The quantitative estimate of drug-likeness (QED) is 0.724. The number of nitrogens with zero attached hydrogens (tertiary/aromatic N) is 2. The maximum absolute atomic E-state index is 13.7. The third kappa shape index (κ3) is 4.05. The van der Waals surface area contributed by atoms with Gasteiger partial charge in [0.2, 0.25) is 0 Å². The van der Waals surface area contributed by atoms with E-state index in [9.17, 15) is 9.18 Å². The molecule has 0 saturated carbocycles. The lowest BCUT2D eigenvalue weighted by atomic mass is 10.1. The molecule has 1 amide bonds. The Balaban J connectivity index is 1.68. The van der Waals surface area contributed by atoms with Crippen LogP contribution in [0.3, 0.4) is 0 Å². The van der Waals surface area contributed by atoms with E-state index in [2.05, 4.69) is 15.5 Å². The first-order chi connectivity index (χ1) is 12.6. The standard InChI is InChI=1S/C19H18FN3O3/c1-3-15(25-16-7-5-4-6-14(16)20)17(24)21-19-22-18(26-23-19)13-10-8-12(2)9-11-13/h4-11,15H,3H2,1-2H3,(H,21,23,24). The van der Waals surface area contributed by atoms with Crippen LogP contribution in [0.4, 0.5) is 10.3 Å². The second kappa shape index (κ2) is 7.77. The Bertz CT molecular complexity index is 893.